The first kappa shape index (κ1) is 19.5. The molecule has 2 aromatic rings. The number of benzene rings is 1. The van der Waals surface area contributed by atoms with Crippen LogP contribution in [0.15, 0.2) is 35.4 Å². The average Bonchev–Trinajstić information content (AvgIpc) is 3.14. The van der Waals surface area contributed by atoms with E-state index < -0.39 is 10.0 Å². The lowest BCUT2D eigenvalue weighted by atomic mass is 10.1. The third-order valence-electron chi connectivity index (χ3n) is 4.69. The van der Waals surface area contributed by atoms with Gasteiger partial charge in [0.15, 0.2) is 5.69 Å². The number of piperidine rings is 1. The summed E-state index contributed by atoms with van der Waals surface area (Å²) in [6, 6.07) is 6.76. The van der Waals surface area contributed by atoms with E-state index in [2.05, 4.69) is 15.7 Å². The Labute approximate surface area is 159 Å². The van der Waals surface area contributed by atoms with Crippen molar-refractivity contribution in [2.75, 3.05) is 32.5 Å². The molecule has 1 aliphatic heterocycles. The van der Waals surface area contributed by atoms with E-state index in [1.165, 1.54) is 20.2 Å². The highest BCUT2D eigenvalue weighted by molar-refractivity contribution is 7.89. The van der Waals surface area contributed by atoms with Crippen LogP contribution in [0, 0.1) is 6.92 Å². The molecular weight excluding hydrogens is 366 g/mol. The highest BCUT2D eigenvalue weighted by Gasteiger charge is 2.21. The molecule has 146 valence electrons. The molecule has 1 saturated heterocycles. The molecule has 0 radical (unpaired) electrons. The highest BCUT2D eigenvalue weighted by Crippen LogP contribution is 2.23. The molecule has 9 heteroatoms. The molecule has 3 rings (SSSR count). The second-order valence-electron chi connectivity index (χ2n) is 6.90. The number of aromatic nitrogens is 2. The minimum Gasteiger partial charge on any atom is -0.321 e. The van der Waals surface area contributed by atoms with Crippen LogP contribution in [0.2, 0.25) is 0 Å². The summed E-state index contributed by atoms with van der Waals surface area (Å²) in [4.78, 5) is 12.7. The maximum Gasteiger partial charge on any atom is 0.276 e. The van der Waals surface area contributed by atoms with Crippen LogP contribution in [0.1, 0.15) is 34.9 Å². The monoisotopic (exact) mass is 391 g/mol. The zero-order chi connectivity index (χ0) is 19.6. The largest absolute Gasteiger partial charge is 0.321 e. The van der Waals surface area contributed by atoms with Crippen LogP contribution in [0.25, 0.3) is 0 Å². The van der Waals surface area contributed by atoms with Crippen molar-refractivity contribution in [3.05, 3.63) is 41.7 Å². The van der Waals surface area contributed by atoms with Gasteiger partial charge in [-0.1, -0.05) is 6.07 Å². The van der Waals surface area contributed by atoms with Crippen molar-refractivity contribution >= 4 is 21.6 Å². The van der Waals surface area contributed by atoms with E-state index in [0.29, 0.717) is 16.9 Å². The number of carbonyl (C=O) groups excluding carboxylic acids is 1. The number of nitrogens with zero attached hydrogens (tertiary/aromatic N) is 3. The van der Waals surface area contributed by atoms with E-state index in [1.54, 1.807) is 25.1 Å². The Balaban J connectivity index is 1.78. The van der Waals surface area contributed by atoms with Crippen molar-refractivity contribution in [1.29, 1.82) is 0 Å². The lowest BCUT2D eigenvalue weighted by molar-refractivity contribution is 0.102. The van der Waals surface area contributed by atoms with Gasteiger partial charge in [0.2, 0.25) is 10.0 Å². The number of amides is 1. The molecule has 1 fully saturated rings. The minimum absolute atomic E-state index is 0.170. The lowest BCUT2D eigenvalue weighted by Gasteiger charge is -2.22. The fourth-order valence-electron chi connectivity index (χ4n) is 3.07. The molecule has 1 atom stereocenters. The van der Waals surface area contributed by atoms with Gasteiger partial charge < -0.3 is 10.6 Å². The highest BCUT2D eigenvalue weighted by atomic mass is 32.2. The normalized spacial score (nSPS) is 17.9. The zero-order valence-corrected chi connectivity index (χ0v) is 16.6. The van der Waals surface area contributed by atoms with Crippen LogP contribution in [0.3, 0.4) is 0 Å². The summed E-state index contributed by atoms with van der Waals surface area (Å²) in [6.07, 6.45) is 3.92. The molecule has 1 aromatic heterocycles. The van der Waals surface area contributed by atoms with Gasteiger partial charge in [0.05, 0.1) is 10.9 Å². The van der Waals surface area contributed by atoms with E-state index in [4.69, 9.17) is 0 Å². The smallest absolute Gasteiger partial charge is 0.276 e. The molecule has 0 bridgehead atoms. The third-order valence-corrected chi connectivity index (χ3v) is 6.65. The summed E-state index contributed by atoms with van der Waals surface area (Å²) in [5, 5.41) is 10.4. The summed E-state index contributed by atoms with van der Waals surface area (Å²) in [6.45, 7) is 3.57. The Kier molecular flexibility index (Phi) is 5.64. The molecule has 1 unspecified atom stereocenters. The lowest BCUT2D eigenvalue weighted by Crippen LogP contribution is -2.32. The summed E-state index contributed by atoms with van der Waals surface area (Å²) in [5.74, 6) is -0.366. The van der Waals surface area contributed by atoms with Crippen LogP contribution in [-0.4, -0.2) is 55.6 Å². The van der Waals surface area contributed by atoms with Crippen molar-refractivity contribution in [3.8, 4) is 0 Å². The predicted molar refractivity (Wildman–Crippen MR) is 103 cm³/mol. The van der Waals surface area contributed by atoms with Crippen LogP contribution in [-0.2, 0) is 10.0 Å². The Hall–Kier alpha value is -2.23. The Morgan fingerprint density at radius 3 is 2.78 bits per heavy atom. The Morgan fingerprint density at radius 1 is 1.33 bits per heavy atom. The van der Waals surface area contributed by atoms with E-state index in [9.17, 15) is 13.2 Å². The third kappa shape index (κ3) is 4.20. The topological polar surface area (TPSA) is 96.3 Å². The fraction of sp³-hybridized carbons (Fsp3) is 0.444. The number of sulfonamides is 1. The van der Waals surface area contributed by atoms with Crippen molar-refractivity contribution in [2.24, 2.45) is 0 Å². The van der Waals surface area contributed by atoms with Crippen molar-refractivity contribution in [2.45, 2.75) is 30.7 Å². The van der Waals surface area contributed by atoms with E-state index in [0.717, 1.165) is 30.2 Å². The molecule has 0 spiro atoms. The van der Waals surface area contributed by atoms with Crippen LogP contribution in [0.4, 0.5) is 5.69 Å². The van der Waals surface area contributed by atoms with Gasteiger partial charge >= 0.3 is 0 Å². The summed E-state index contributed by atoms with van der Waals surface area (Å²) in [5.41, 5.74) is 1.34. The summed E-state index contributed by atoms with van der Waals surface area (Å²) in [7, 11) is -0.628. The standard InChI is InChI=1S/C18H25N5O3S/c1-13-6-7-14(11-17(13)27(25,26)22(2)3)20-18(24)16-8-10-23(21-16)15-5-4-9-19-12-15/h6-8,10-11,15,19H,4-5,9,12H2,1-3H3,(H,20,24). The molecule has 1 aliphatic rings. The number of aryl methyl sites for hydroxylation is 1. The predicted octanol–water partition coefficient (Wildman–Crippen LogP) is 1.62. The van der Waals surface area contributed by atoms with E-state index in [1.807, 2.05) is 10.9 Å². The van der Waals surface area contributed by atoms with Crippen molar-refractivity contribution in [3.63, 3.8) is 0 Å². The SMILES string of the molecule is Cc1ccc(NC(=O)c2ccn(C3CCCNC3)n2)cc1S(=O)(=O)N(C)C. The maximum absolute atomic E-state index is 12.5. The minimum atomic E-state index is -3.59. The zero-order valence-electron chi connectivity index (χ0n) is 15.8. The number of nitrogens with one attached hydrogen (secondary N) is 2. The van der Waals surface area contributed by atoms with Crippen molar-refractivity contribution < 1.29 is 13.2 Å². The van der Waals surface area contributed by atoms with E-state index in [-0.39, 0.29) is 16.8 Å². The summed E-state index contributed by atoms with van der Waals surface area (Å²) >= 11 is 0. The first-order chi connectivity index (χ1) is 12.8. The molecule has 8 nitrogen and oxygen atoms in total. The quantitative estimate of drug-likeness (QED) is 0.807. The second-order valence-corrected chi connectivity index (χ2v) is 9.02. The number of hydrogen-bond acceptors (Lipinski definition) is 5. The first-order valence-corrected chi connectivity index (χ1v) is 10.3. The Bertz CT molecular complexity index is 930. The van der Waals surface area contributed by atoms with Gasteiger partial charge in [-0.15, -0.1) is 0 Å². The fourth-order valence-corrected chi connectivity index (χ4v) is 4.21. The van der Waals surface area contributed by atoms with Gasteiger partial charge in [0.25, 0.3) is 5.91 Å². The molecule has 27 heavy (non-hydrogen) atoms. The van der Waals surface area contributed by atoms with Gasteiger partial charge in [0.1, 0.15) is 0 Å². The number of anilines is 1. The maximum atomic E-state index is 12.5. The van der Waals surface area contributed by atoms with Gasteiger partial charge in [0, 0.05) is 32.5 Å². The van der Waals surface area contributed by atoms with E-state index >= 15 is 0 Å². The molecule has 0 saturated carbocycles. The van der Waals surface area contributed by atoms with Gasteiger partial charge in [-0.25, -0.2) is 12.7 Å². The number of hydrogen-bond donors (Lipinski definition) is 2. The summed E-state index contributed by atoms with van der Waals surface area (Å²) < 4.78 is 27.8. The Morgan fingerprint density at radius 2 is 2.11 bits per heavy atom. The van der Waals surface area contributed by atoms with Gasteiger partial charge in [-0.3, -0.25) is 9.48 Å². The van der Waals surface area contributed by atoms with Gasteiger partial charge in [-0.2, -0.15) is 5.10 Å². The number of carbonyl (C=O) groups is 1. The molecule has 2 N–H and O–H groups in total. The molecule has 1 aromatic carbocycles. The first-order valence-electron chi connectivity index (χ1n) is 8.89. The number of rotatable bonds is 5. The average molecular weight is 391 g/mol. The molecular formula is C18H25N5O3S. The molecule has 0 aliphatic carbocycles. The second kappa shape index (κ2) is 7.79. The van der Waals surface area contributed by atoms with Crippen LogP contribution >= 0.6 is 0 Å². The van der Waals surface area contributed by atoms with Crippen molar-refractivity contribution in [1.82, 2.24) is 19.4 Å². The molecule has 1 amide bonds. The molecule has 2 heterocycles. The van der Waals surface area contributed by atoms with Crippen LogP contribution in [0.5, 0.6) is 0 Å². The van der Waals surface area contributed by atoms with Crippen LogP contribution < -0.4 is 10.6 Å². The van der Waals surface area contributed by atoms with Gasteiger partial charge in [-0.05, 0) is 50.1 Å².